The summed E-state index contributed by atoms with van der Waals surface area (Å²) < 4.78 is 21.5. The van der Waals surface area contributed by atoms with Gasteiger partial charge < -0.3 is 44.5 Å². The standard InChI is InChI=1S/C20H36O10/c1-3-4-5-6-7-8-9-27-15(11-22)20(28-12-13(2)23)30-18-16(25)19(26)29-17(18)14(24)10-21/h13-15,17,20-25H,3-12H2,1-2H3/t13?,14-,15?,17+,20?/m0/s1. The van der Waals surface area contributed by atoms with Crippen LogP contribution in [0.4, 0.5) is 0 Å². The lowest BCUT2D eigenvalue weighted by Crippen LogP contribution is -2.41. The van der Waals surface area contributed by atoms with E-state index in [9.17, 15) is 25.2 Å². The number of aliphatic hydroxyl groups excluding tert-OH is 5. The number of ether oxygens (including phenoxy) is 4. The van der Waals surface area contributed by atoms with Gasteiger partial charge in [0.1, 0.15) is 12.2 Å². The van der Waals surface area contributed by atoms with E-state index in [0.29, 0.717) is 6.61 Å². The number of unbranched alkanes of at least 4 members (excludes halogenated alkanes) is 5. The number of carbonyl (C=O) groups is 1. The lowest BCUT2D eigenvalue weighted by Gasteiger charge is -2.29. The summed E-state index contributed by atoms with van der Waals surface area (Å²) in [5.74, 6) is -2.42. The second-order valence-corrected chi connectivity index (χ2v) is 7.32. The molecule has 0 amide bonds. The van der Waals surface area contributed by atoms with Gasteiger partial charge in [-0.1, -0.05) is 39.0 Å². The molecule has 3 unspecified atom stereocenters. The van der Waals surface area contributed by atoms with Gasteiger partial charge in [-0.15, -0.1) is 0 Å². The third-order valence-electron chi connectivity index (χ3n) is 4.51. The van der Waals surface area contributed by atoms with E-state index in [1.807, 2.05) is 0 Å². The van der Waals surface area contributed by atoms with Crippen LogP contribution in [0.1, 0.15) is 52.4 Å². The number of rotatable bonds is 17. The highest BCUT2D eigenvalue weighted by atomic mass is 16.7. The first-order valence-electron chi connectivity index (χ1n) is 10.5. The van der Waals surface area contributed by atoms with Crippen molar-refractivity contribution >= 4 is 5.97 Å². The van der Waals surface area contributed by atoms with Crippen LogP contribution in [0.2, 0.25) is 0 Å². The van der Waals surface area contributed by atoms with E-state index >= 15 is 0 Å². The minimum Gasteiger partial charge on any atom is -0.499 e. The molecule has 0 aromatic heterocycles. The molecule has 10 nitrogen and oxygen atoms in total. The van der Waals surface area contributed by atoms with Gasteiger partial charge in [0.05, 0.1) is 25.9 Å². The molecule has 0 spiro atoms. The Bertz CT molecular complexity index is 522. The van der Waals surface area contributed by atoms with Crippen LogP contribution < -0.4 is 0 Å². The fraction of sp³-hybridized carbons (Fsp3) is 0.850. The van der Waals surface area contributed by atoms with Crippen LogP contribution in [0.3, 0.4) is 0 Å². The summed E-state index contributed by atoms with van der Waals surface area (Å²) in [6.07, 6.45) is 0.221. The van der Waals surface area contributed by atoms with E-state index in [2.05, 4.69) is 6.92 Å². The molecule has 176 valence electrons. The summed E-state index contributed by atoms with van der Waals surface area (Å²) in [5.41, 5.74) is 0. The molecule has 10 heteroatoms. The second-order valence-electron chi connectivity index (χ2n) is 7.32. The summed E-state index contributed by atoms with van der Waals surface area (Å²) in [4.78, 5) is 11.7. The molecule has 5 N–H and O–H groups in total. The van der Waals surface area contributed by atoms with Crippen molar-refractivity contribution in [2.75, 3.05) is 26.4 Å². The largest absolute Gasteiger partial charge is 0.499 e. The molecule has 0 aromatic rings. The first kappa shape index (κ1) is 26.6. The minimum absolute atomic E-state index is 0.169. The maximum atomic E-state index is 11.7. The molecule has 5 atom stereocenters. The molecule has 30 heavy (non-hydrogen) atoms. The van der Waals surface area contributed by atoms with Crippen molar-refractivity contribution in [2.24, 2.45) is 0 Å². The molecule has 0 bridgehead atoms. The molecule has 0 aliphatic carbocycles. The SMILES string of the molecule is CCCCCCCCOC(CO)C(OCC(C)O)OC1=C(O)C(=O)O[C@@H]1[C@@H](O)CO. The highest BCUT2D eigenvalue weighted by Gasteiger charge is 2.43. The fourth-order valence-electron chi connectivity index (χ4n) is 2.84. The number of hydrogen-bond donors (Lipinski definition) is 5. The maximum absolute atomic E-state index is 11.7. The molecule has 0 fully saturated rings. The summed E-state index contributed by atoms with van der Waals surface area (Å²) in [5, 5.41) is 48.2. The van der Waals surface area contributed by atoms with E-state index in [4.69, 9.17) is 24.1 Å². The Morgan fingerprint density at radius 1 is 1.03 bits per heavy atom. The summed E-state index contributed by atoms with van der Waals surface area (Å²) in [7, 11) is 0. The first-order valence-corrected chi connectivity index (χ1v) is 10.5. The minimum atomic E-state index is -1.53. The summed E-state index contributed by atoms with van der Waals surface area (Å²) in [6, 6.07) is 0. The van der Waals surface area contributed by atoms with Crippen LogP contribution in [0, 0.1) is 0 Å². The number of esters is 1. The van der Waals surface area contributed by atoms with Crippen molar-refractivity contribution in [2.45, 2.75) is 83.1 Å². The maximum Gasteiger partial charge on any atom is 0.378 e. The Kier molecular flexibility index (Phi) is 12.9. The number of cyclic esters (lactones) is 1. The van der Waals surface area contributed by atoms with Gasteiger partial charge in [-0.05, 0) is 13.3 Å². The third kappa shape index (κ3) is 8.75. The van der Waals surface area contributed by atoms with Crippen LogP contribution in [0.15, 0.2) is 11.5 Å². The zero-order valence-electron chi connectivity index (χ0n) is 17.7. The number of aliphatic hydroxyl groups is 5. The van der Waals surface area contributed by atoms with E-state index in [0.717, 1.165) is 32.1 Å². The zero-order valence-corrected chi connectivity index (χ0v) is 17.7. The highest BCUT2D eigenvalue weighted by molar-refractivity contribution is 5.89. The van der Waals surface area contributed by atoms with Gasteiger partial charge in [-0.2, -0.15) is 0 Å². The number of hydrogen-bond acceptors (Lipinski definition) is 10. The smallest absolute Gasteiger partial charge is 0.378 e. The fourth-order valence-corrected chi connectivity index (χ4v) is 2.84. The predicted octanol–water partition coefficient (Wildman–Crippen LogP) is 0.513. The Morgan fingerprint density at radius 2 is 1.70 bits per heavy atom. The lowest BCUT2D eigenvalue weighted by molar-refractivity contribution is -0.214. The average Bonchev–Trinajstić information content (AvgIpc) is 3.01. The van der Waals surface area contributed by atoms with Crippen LogP contribution in [0.25, 0.3) is 0 Å². The van der Waals surface area contributed by atoms with Gasteiger partial charge in [0, 0.05) is 6.61 Å². The predicted molar refractivity (Wildman–Crippen MR) is 105 cm³/mol. The van der Waals surface area contributed by atoms with E-state index in [1.54, 1.807) is 0 Å². The molecule has 1 aliphatic rings. The van der Waals surface area contributed by atoms with Gasteiger partial charge in [-0.25, -0.2) is 4.79 Å². The van der Waals surface area contributed by atoms with Crippen molar-refractivity contribution in [1.29, 1.82) is 0 Å². The van der Waals surface area contributed by atoms with Crippen LogP contribution >= 0.6 is 0 Å². The van der Waals surface area contributed by atoms with Crippen LogP contribution in [0.5, 0.6) is 0 Å². The molecular weight excluding hydrogens is 400 g/mol. The molecular formula is C20H36O10. The molecule has 1 heterocycles. The topological polar surface area (TPSA) is 155 Å². The van der Waals surface area contributed by atoms with Gasteiger partial charge in [-0.3, -0.25) is 0 Å². The van der Waals surface area contributed by atoms with Crippen molar-refractivity contribution in [3.63, 3.8) is 0 Å². The van der Waals surface area contributed by atoms with Gasteiger partial charge in [0.15, 0.2) is 11.9 Å². The van der Waals surface area contributed by atoms with E-state index in [1.165, 1.54) is 13.3 Å². The molecule has 0 saturated carbocycles. The highest BCUT2D eigenvalue weighted by Crippen LogP contribution is 2.27. The third-order valence-corrected chi connectivity index (χ3v) is 4.51. The molecule has 1 aliphatic heterocycles. The van der Waals surface area contributed by atoms with Crippen LogP contribution in [-0.4, -0.2) is 88.6 Å². The van der Waals surface area contributed by atoms with Crippen molar-refractivity contribution in [1.82, 2.24) is 0 Å². The Hall–Kier alpha value is -1.43. The average molecular weight is 436 g/mol. The van der Waals surface area contributed by atoms with Gasteiger partial charge in [0.2, 0.25) is 12.0 Å². The normalized spacial score (nSPS) is 20.7. The van der Waals surface area contributed by atoms with Crippen molar-refractivity contribution in [3.05, 3.63) is 11.5 Å². The van der Waals surface area contributed by atoms with E-state index in [-0.39, 0.29) is 6.61 Å². The van der Waals surface area contributed by atoms with Crippen molar-refractivity contribution in [3.8, 4) is 0 Å². The van der Waals surface area contributed by atoms with Crippen LogP contribution in [-0.2, 0) is 23.7 Å². The first-order chi connectivity index (χ1) is 14.3. The number of carbonyl (C=O) groups excluding carboxylic acids is 1. The Balaban J connectivity index is 2.76. The lowest BCUT2D eigenvalue weighted by atomic mass is 10.1. The molecule has 0 aromatic carbocycles. The van der Waals surface area contributed by atoms with Gasteiger partial charge >= 0.3 is 5.97 Å². The summed E-state index contributed by atoms with van der Waals surface area (Å²) >= 11 is 0. The molecule has 0 saturated heterocycles. The summed E-state index contributed by atoms with van der Waals surface area (Å²) in [6.45, 7) is 2.56. The molecule has 0 radical (unpaired) electrons. The Morgan fingerprint density at radius 3 is 2.30 bits per heavy atom. The molecule has 1 rings (SSSR count). The quantitative estimate of drug-likeness (QED) is 0.124. The van der Waals surface area contributed by atoms with E-state index < -0.39 is 61.4 Å². The second kappa shape index (κ2) is 14.6. The van der Waals surface area contributed by atoms with Gasteiger partial charge in [0.25, 0.3) is 0 Å². The zero-order chi connectivity index (χ0) is 22.5. The van der Waals surface area contributed by atoms with Crippen molar-refractivity contribution < 1.29 is 49.3 Å². The monoisotopic (exact) mass is 436 g/mol. The Labute approximate surface area is 177 Å².